The summed E-state index contributed by atoms with van der Waals surface area (Å²) in [5.41, 5.74) is 0. The minimum absolute atomic E-state index is 0.447. The molecular weight excluding hydrogens is 280 g/mol. The van der Waals surface area contributed by atoms with Gasteiger partial charge in [-0.05, 0) is 50.7 Å². The van der Waals surface area contributed by atoms with Crippen molar-refractivity contribution in [3.05, 3.63) is 22.4 Å². The first-order valence-corrected chi connectivity index (χ1v) is 8.87. The van der Waals surface area contributed by atoms with E-state index in [4.69, 9.17) is 0 Å². The monoisotopic (exact) mass is 308 g/mol. The molecule has 2 N–H and O–H groups in total. The van der Waals surface area contributed by atoms with Gasteiger partial charge in [0, 0.05) is 24.5 Å². The van der Waals surface area contributed by atoms with Gasteiger partial charge in [-0.15, -0.1) is 11.3 Å². The molecule has 118 valence electrons. The fourth-order valence-electron chi connectivity index (χ4n) is 2.67. The summed E-state index contributed by atoms with van der Waals surface area (Å²) in [5.74, 6) is 0.908. The summed E-state index contributed by atoms with van der Waals surface area (Å²) in [7, 11) is 1.84. The number of likely N-dealkylation sites (tertiary alicyclic amines) is 1. The number of nitrogens with one attached hydrogen (secondary N) is 2. The molecule has 21 heavy (non-hydrogen) atoms. The molecule has 0 aliphatic carbocycles. The van der Waals surface area contributed by atoms with Crippen LogP contribution in [0.5, 0.6) is 0 Å². The SMILES string of the molecule is CCC(C)NC(=NC)NCC(c1cccs1)N1CCCC1. The quantitative estimate of drug-likeness (QED) is 0.627. The molecule has 1 aromatic heterocycles. The molecule has 1 saturated heterocycles. The van der Waals surface area contributed by atoms with E-state index in [9.17, 15) is 0 Å². The van der Waals surface area contributed by atoms with Crippen molar-refractivity contribution >= 4 is 17.3 Å². The summed E-state index contributed by atoms with van der Waals surface area (Å²) in [4.78, 5) is 8.38. The van der Waals surface area contributed by atoms with Crippen LogP contribution in [0.4, 0.5) is 0 Å². The lowest BCUT2D eigenvalue weighted by atomic mass is 10.2. The van der Waals surface area contributed by atoms with Crippen LogP contribution < -0.4 is 10.6 Å². The van der Waals surface area contributed by atoms with E-state index in [0.717, 1.165) is 18.9 Å². The maximum atomic E-state index is 4.34. The molecule has 5 heteroatoms. The van der Waals surface area contributed by atoms with Gasteiger partial charge in [0.2, 0.25) is 0 Å². The lowest BCUT2D eigenvalue weighted by molar-refractivity contribution is 0.249. The third kappa shape index (κ3) is 4.71. The topological polar surface area (TPSA) is 39.7 Å². The summed E-state index contributed by atoms with van der Waals surface area (Å²) in [6.07, 6.45) is 3.74. The number of thiophene rings is 1. The van der Waals surface area contributed by atoms with Gasteiger partial charge in [-0.3, -0.25) is 9.89 Å². The van der Waals surface area contributed by atoms with Crippen LogP contribution in [-0.2, 0) is 0 Å². The van der Waals surface area contributed by atoms with Crippen molar-refractivity contribution in [1.82, 2.24) is 15.5 Å². The number of nitrogens with zero attached hydrogens (tertiary/aromatic N) is 2. The zero-order valence-corrected chi connectivity index (χ0v) is 14.2. The van der Waals surface area contributed by atoms with Gasteiger partial charge in [0.1, 0.15) is 0 Å². The van der Waals surface area contributed by atoms with Crippen LogP contribution in [0.1, 0.15) is 44.0 Å². The van der Waals surface area contributed by atoms with Gasteiger partial charge < -0.3 is 10.6 Å². The minimum atomic E-state index is 0.447. The Morgan fingerprint density at radius 3 is 2.76 bits per heavy atom. The van der Waals surface area contributed by atoms with Crippen molar-refractivity contribution in [2.75, 3.05) is 26.7 Å². The Bertz CT molecular complexity index is 423. The normalized spacial score (nSPS) is 19.5. The fraction of sp³-hybridized carbons (Fsp3) is 0.688. The molecule has 0 radical (unpaired) electrons. The van der Waals surface area contributed by atoms with Gasteiger partial charge in [-0.25, -0.2) is 0 Å². The summed E-state index contributed by atoms with van der Waals surface area (Å²) >= 11 is 1.85. The maximum absolute atomic E-state index is 4.34. The Balaban J connectivity index is 1.95. The first-order valence-electron chi connectivity index (χ1n) is 7.99. The van der Waals surface area contributed by atoms with Gasteiger partial charge in [-0.2, -0.15) is 0 Å². The molecule has 1 aromatic rings. The van der Waals surface area contributed by atoms with E-state index in [0.29, 0.717) is 12.1 Å². The lowest BCUT2D eigenvalue weighted by Crippen LogP contribution is -2.45. The molecule has 0 saturated carbocycles. The third-order valence-electron chi connectivity index (χ3n) is 4.13. The Hall–Kier alpha value is -1.07. The van der Waals surface area contributed by atoms with Crippen molar-refractivity contribution in [1.29, 1.82) is 0 Å². The van der Waals surface area contributed by atoms with E-state index in [1.54, 1.807) is 0 Å². The number of guanidine groups is 1. The molecule has 2 atom stereocenters. The van der Waals surface area contributed by atoms with Crippen LogP contribution in [0.3, 0.4) is 0 Å². The molecule has 2 unspecified atom stereocenters. The van der Waals surface area contributed by atoms with E-state index in [1.807, 2.05) is 18.4 Å². The van der Waals surface area contributed by atoms with Crippen LogP contribution in [0, 0.1) is 0 Å². The van der Waals surface area contributed by atoms with Crippen molar-refractivity contribution in [3.63, 3.8) is 0 Å². The highest BCUT2D eigenvalue weighted by molar-refractivity contribution is 7.10. The van der Waals surface area contributed by atoms with Crippen molar-refractivity contribution < 1.29 is 0 Å². The van der Waals surface area contributed by atoms with Gasteiger partial charge in [-0.1, -0.05) is 13.0 Å². The van der Waals surface area contributed by atoms with Gasteiger partial charge in [0.25, 0.3) is 0 Å². The Kier molecular flexibility index (Phi) is 6.51. The van der Waals surface area contributed by atoms with Crippen LogP contribution in [0.2, 0.25) is 0 Å². The van der Waals surface area contributed by atoms with Gasteiger partial charge in [0.15, 0.2) is 5.96 Å². The average Bonchev–Trinajstić information content (AvgIpc) is 3.19. The predicted molar refractivity (Wildman–Crippen MR) is 92.1 cm³/mol. The molecule has 0 aromatic carbocycles. The molecule has 1 aliphatic rings. The van der Waals surface area contributed by atoms with E-state index in [1.165, 1.54) is 30.8 Å². The van der Waals surface area contributed by atoms with Crippen molar-refractivity contribution in [2.24, 2.45) is 4.99 Å². The average molecular weight is 308 g/mol. The van der Waals surface area contributed by atoms with Crippen molar-refractivity contribution in [2.45, 2.75) is 45.2 Å². The Morgan fingerprint density at radius 1 is 1.43 bits per heavy atom. The highest BCUT2D eigenvalue weighted by atomic mass is 32.1. The maximum Gasteiger partial charge on any atom is 0.191 e. The van der Waals surface area contributed by atoms with Gasteiger partial charge in [0.05, 0.1) is 6.04 Å². The zero-order valence-electron chi connectivity index (χ0n) is 13.4. The van der Waals surface area contributed by atoms with Crippen LogP contribution >= 0.6 is 11.3 Å². The Labute approximate surface area is 132 Å². The van der Waals surface area contributed by atoms with E-state index >= 15 is 0 Å². The van der Waals surface area contributed by atoms with Crippen LogP contribution in [0.15, 0.2) is 22.5 Å². The predicted octanol–water partition coefficient (Wildman–Crippen LogP) is 2.85. The second kappa shape index (κ2) is 8.39. The van der Waals surface area contributed by atoms with Crippen LogP contribution in [-0.4, -0.2) is 43.6 Å². The second-order valence-corrected chi connectivity index (χ2v) is 6.66. The van der Waals surface area contributed by atoms with Gasteiger partial charge >= 0.3 is 0 Å². The van der Waals surface area contributed by atoms with E-state index in [2.05, 4.69) is 51.9 Å². The molecular formula is C16H28N4S. The molecule has 1 aliphatic heterocycles. The number of hydrogen-bond donors (Lipinski definition) is 2. The lowest BCUT2D eigenvalue weighted by Gasteiger charge is -2.28. The Morgan fingerprint density at radius 2 is 2.19 bits per heavy atom. The van der Waals surface area contributed by atoms with E-state index in [-0.39, 0.29) is 0 Å². The largest absolute Gasteiger partial charge is 0.354 e. The molecule has 4 nitrogen and oxygen atoms in total. The van der Waals surface area contributed by atoms with Crippen LogP contribution in [0.25, 0.3) is 0 Å². The van der Waals surface area contributed by atoms with Crippen molar-refractivity contribution in [3.8, 4) is 0 Å². The number of aliphatic imine (C=N–C) groups is 1. The summed E-state index contributed by atoms with van der Waals surface area (Å²) in [5, 5.41) is 9.11. The molecule has 0 spiro atoms. The molecule has 0 bridgehead atoms. The minimum Gasteiger partial charge on any atom is -0.354 e. The summed E-state index contributed by atoms with van der Waals surface area (Å²) < 4.78 is 0. The molecule has 2 rings (SSSR count). The molecule has 0 amide bonds. The first kappa shape index (κ1) is 16.3. The zero-order chi connectivity index (χ0) is 15.1. The number of hydrogen-bond acceptors (Lipinski definition) is 3. The highest BCUT2D eigenvalue weighted by Crippen LogP contribution is 2.27. The molecule has 2 heterocycles. The third-order valence-corrected chi connectivity index (χ3v) is 5.11. The number of rotatable bonds is 6. The van der Waals surface area contributed by atoms with E-state index < -0.39 is 0 Å². The summed E-state index contributed by atoms with van der Waals surface area (Å²) in [6.45, 7) is 7.70. The fourth-order valence-corrected chi connectivity index (χ4v) is 3.53. The molecule has 1 fully saturated rings. The smallest absolute Gasteiger partial charge is 0.191 e. The standard InChI is InChI=1S/C16H28N4S/c1-4-13(2)19-16(17-3)18-12-14(15-8-7-11-21-15)20-9-5-6-10-20/h7-8,11,13-14H,4-6,9-10,12H2,1-3H3,(H2,17,18,19). The second-order valence-electron chi connectivity index (χ2n) is 5.68. The summed E-state index contributed by atoms with van der Waals surface area (Å²) in [6, 6.07) is 5.31. The highest BCUT2D eigenvalue weighted by Gasteiger charge is 2.24. The first-order chi connectivity index (χ1) is 10.2.